The van der Waals surface area contributed by atoms with Crippen LogP contribution in [0.25, 0.3) is 0 Å². The highest BCUT2D eigenvalue weighted by Gasteiger charge is 2.37. The van der Waals surface area contributed by atoms with Gasteiger partial charge < -0.3 is 0 Å². The summed E-state index contributed by atoms with van der Waals surface area (Å²) in [6, 6.07) is 0. The molecule has 0 aromatic carbocycles. The molecule has 12 heavy (non-hydrogen) atoms. The third-order valence-electron chi connectivity index (χ3n) is 2.62. The Bertz CT molecular complexity index is 238. The molecule has 0 atom stereocenters. The smallest absolute Gasteiger partial charge is 0.167 e. The molecule has 3 nitrogen and oxygen atoms in total. The zero-order chi connectivity index (χ0) is 9.24. The molecule has 1 fully saturated rings. The Morgan fingerprint density at radius 3 is 1.83 bits per heavy atom. The van der Waals surface area contributed by atoms with Gasteiger partial charge in [0.25, 0.3) is 0 Å². The molecule has 1 saturated carbocycles. The predicted molar refractivity (Wildman–Crippen MR) is 48.4 cm³/mol. The first-order chi connectivity index (χ1) is 5.46. The molecule has 0 bridgehead atoms. The second kappa shape index (κ2) is 3.34. The van der Waals surface area contributed by atoms with Crippen LogP contribution in [0.4, 0.5) is 0 Å². The second-order valence-electron chi connectivity index (χ2n) is 3.68. The van der Waals surface area contributed by atoms with Gasteiger partial charge in [0.05, 0.1) is 0 Å². The van der Waals surface area contributed by atoms with Crippen LogP contribution >= 0.6 is 0 Å². The Hall–Kier alpha value is -0.0900. The molecule has 0 spiro atoms. The Kier molecular flexibility index (Phi) is 2.78. The topological polar surface area (TPSA) is 57.9 Å². The molecule has 71 valence electrons. The normalized spacial score (nSPS) is 24.8. The Labute approximate surface area is 74.3 Å². The van der Waals surface area contributed by atoms with Crippen molar-refractivity contribution >= 4 is 9.84 Å². The molecule has 1 rings (SSSR count). The number of rotatable bonds is 1. The summed E-state index contributed by atoms with van der Waals surface area (Å²) >= 11 is 0. The molecular formula is C8H16NO2S. The minimum Gasteiger partial charge on any atom is -0.235 e. The van der Waals surface area contributed by atoms with E-state index in [0.717, 1.165) is 25.7 Å². The van der Waals surface area contributed by atoms with Crippen molar-refractivity contribution in [2.24, 2.45) is 0 Å². The largest absolute Gasteiger partial charge is 0.235 e. The second-order valence-corrected chi connectivity index (χ2v) is 6.01. The molecule has 0 amide bonds. The minimum atomic E-state index is -3.18. The van der Waals surface area contributed by atoms with Gasteiger partial charge in [-0.3, -0.25) is 0 Å². The maximum absolute atomic E-state index is 11.3. The highest BCUT2D eigenvalue weighted by Crippen LogP contribution is 2.30. The maximum atomic E-state index is 11.3. The van der Waals surface area contributed by atoms with E-state index in [1.165, 1.54) is 6.26 Å². The van der Waals surface area contributed by atoms with Crippen LogP contribution < -0.4 is 5.73 Å². The summed E-state index contributed by atoms with van der Waals surface area (Å²) < 4.78 is 22.5. The standard InChI is InChI=1S/C8H16NO2S/c1-12(10,11)8(9)6-4-2-3-5-7-8/h9H,2-7H2,1H3. The summed E-state index contributed by atoms with van der Waals surface area (Å²) in [5.41, 5.74) is 7.82. The van der Waals surface area contributed by atoms with E-state index in [1.54, 1.807) is 0 Å². The van der Waals surface area contributed by atoms with E-state index in [9.17, 15) is 8.42 Å². The number of hydrogen-bond acceptors (Lipinski definition) is 2. The van der Waals surface area contributed by atoms with Gasteiger partial charge in [0.1, 0.15) is 4.87 Å². The SMILES string of the molecule is CS(=O)(=O)C1([NH])CCCCCC1. The molecule has 0 unspecified atom stereocenters. The first-order valence-electron chi connectivity index (χ1n) is 4.40. The van der Waals surface area contributed by atoms with Crippen molar-refractivity contribution in [3.05, 3.63) is 0 Å². The zero-order valence-electron chi connectivity index (χ0n) is 7.47. The Morgan fingerprint density at radius 2 is 1.50 bits per heavy atom. The summed E-state index contributed by atoms with van der Waals surface area (Å²) in [5, 5.41) is 0. The van der Waals surface area contributed by atoms with Crippen LogP contribution in [0, 0.1) is 0 Å². The summed E-state index contributed by atoms with van der Waals surface area (Å²) in [4.78, 5) is -1.18. The van der Waals surface area contributed by atoms with E-state index in [-0.39, 0.29) is 0 Å². The minimum absolute atomic E-state index is 0.520. The number of sulfone groups is 1. The van der Waals surface area contributed by atoms with Crippen LogP contribution in [0.5, 0.6) is 0 Å². The van der Waals surface area contributed by atoms with Crippen molar-refractivity contribution in [3.63, 3.8) is 0 Å². The number of hydrogen-bond donors (Lipinski definition) is 0. The highest BCUT2D eigenvalue weighted by atomic mass is 32.2. The van der Waals surface area contributed by atoms with Gasteiger partial charge in [-0.2, -0.15) is 0 Å². The predicted octanol–water partition coefficient (Wildman–Crippen LogP) is 1.36. The van der Waals surface area contributed by atoms with Crippen LogP contribution in [0.3, 0.4) is 0 Å². The lowest BCUT2D eigenvalue weighted by Gasteiger charge is -2.24. The zero-order valence-corrected chi connectivity index (χ0v) is 8.28. The van der Waals surface area contributed by atoms with E-state index in [4.69, 9.17) is 5.73 Å². The van der Waals surface area contributed by atoms with Gasteiger partial charge >= 0.3 is 0 Å². The van der Waals surface area contributed by atoms with Crippen LogP contribution in [0.15, 0.2) is 0 Å². The molecule has 0 saturated heterocycles. The quantitative estimate of drug-likeness (QED) is 0.586. The monoisotopic (exact) mass is 190 g/mol. The van der Waals surface area contributed by atoms with E-state index in [0.29, 0.717) is 12.8 Å². The van der Waals surface area contributed by atoms with Gasteiger partial charge in [0, 0.05) is 6.26 Å². The van der Waals surface area contributed by atoms with Gasteiger partial charge in [-0.15, -0.1) is 0 Å². The molecule has 1 N–H and O–H groups in total. The lowest BCUT2D eigenvalue weighted by Crippen LogP contribution is -2.38. The van der Waals surface area contributed by atoms with E-state index < -0.39 is 14.7 Å². The molecule has 1 radical (unpaired) electrons. The summed E-state index contributed by atoms with van der Waals surface area (Å²) in [6.45, 7) is 0. The average molecular weight is 190 g/mol. The Balaban J connectivity index is 2.81. The van der Waals surface area contributed by atoms with E-state index >= 15 is 0 Å². The molecule has 0 aromatic heterocycles. The lowest BCUT2D eigenvalue weighted by atomic mass is 10.1. The third-order valence-corrected chi connectivity index (χ3v) is 4.45. The van der Waals surface area contributed by atoms with Crippen LogP contribution in [0.2, 0.25) is 0 Å². The molecule has 0 aliphatic heterocycles. The van der Waals surface area contributed by atoms with Crippen LogP contribution in [-0.4, -0.2) is 19.5 Å². The van der Waals surface area contributed by atoms with Gasteiger partial charge in [-0.25, -0.2) is 14.2 Å². The summed E-state index contributed by atoms with van der Waals surface area (Å²) in [5.74, 6) is 0. The first-order valence-corrected chi connectivity index (χ1v) is 6.29. The molecule has 1 aliphatic rings. The molecule has 1 aliphatic carbocycles. The van der Waals surface area contributed by atoms with Gasteiger partial charge in [-0.1, -0.05) is 25.7 Å². The molecular weight excluding hydrogens is 174 g/mol. The van der Waals surface area contributed by atoms with Crippen molar-refractivity contribution < 1.29 is 8.42 Å². The van der Waals surface area contributed by atoms with E-state index in [2.05, 4.69) is 0 Å². The highest BCUT2D eigenvalue weighted by molar-refractivity contribution is 7.92. The average Bonchev–Trinajstić information content (AvgIpc) is 2.12. The van der Waals surface area contributed by atoms with Crippen molar-refractivity contribution in [3.8, 4) is 0 Å². The number of nitrogens with one attached hydrogen (secondary N) is 1. The van der Waals surface area contributed by atoms with Crippen LogP contribution in [-0.2, 0) is 9.84 Å². The summed E-state index contributed by atoms with van der Waals surface area (Å²) in [6.07, 6.45) is 6.16. The fourth-order valence-corrected chi connectivity index (χ4v) is 2.70. The van der Waals surface area contributed by atoms with Gasteiger partial charge in [0.15, 0.2) is 9.84 Å². The molecule has 0 heterocycles. The lowest BCUT2D eigenvalue weighted by molar-refractivity contribution is 0.462. The maximum Gasteiger partial charge on any atom is 0.167 e. The third kappa shape index (κ3) is 1.98. The fraction of sp³-hybridized carbons (Fsp3) is 1.00. The van der Waals surface area contributed by atoms with Crippen molar-refractivity contribution in [1.29, 1.82) is 0 Å². The van der Waals surface area contributed by atoms with Crippen molar-refractivity contribution in [1.82, 2.24) is 5.73 Å². The van der Waals surface area contributed by atoms with Crippen LogP contribution in [0.1, 0.15) is 38.5 Å². The fourth-order valence-electron chi connectivity index (χ4n) is 1.67. The summed E-state index contributed by atoms with van der Waals surface area (Å²) in [7, 11) is -3.18. The van der Waals surface area contributed by atoms with Crippen molar-refractivity contribution in [2.45, 2.75) is 43.4 Å². The molecule has 0 aromatic rings. The van der Waals surface area contributed by atoms with Gasteiger partial charge in [-0.05, 0) is 12.8 Å². The van der Waals surface area contributed by atoms with E-state index in [1.807, 2.05) is 0 Å². The Morgan fingerprint density at radius 1 is 1.08 bits per heavy atom. The van der Waals surface area contributed by atoms with Crippen molar-refractivity contribution in [2.75, 3.05) is 6.26 Å². The molecule has 4 heteroatoms. The first kappa shape index (κ1) is 9.99. The van der Waals surface area contributed by atoms with Gasteiger partial charge in [0.2, 0.25) is 0 Å².